The summed E-state index contributed by atoms with van der Waals surface area (Å²) in [5, 5.41) is 11.6. The molecule has 0 fully saturated rings. The van der Waals surface area contributed by atoms with Gasteiger partial charge in [0, 0.05) is 11.1 Å². The first-order chi connectivity index (χ1) is 13.2. The maximum Gasteiger partial charge on any atom is 0.416 e. The van der Waals surface area contributed by atoms with E-state index in [0.29, 0.717) is 24.0 Å². The molecule has 8 heteroatoms. The van der Waals surface area contributed by atoms with Crippen molar-refractivity contribution in [1.29, 1.82) is 0 Å². The second-order valence-corrected chi connectivity index (χ2v) is 6.86. The SMILES string of the molecule is Cc1cc(C(=O)NC2CCCc3cc(C(=O)NO)ccc32)cc(C(F)(F)F)c1. The zero-order valence-corrected chi connectivity index (χ0v) is 15.1. The number of alkyl halides is 3. The average molecular weight is 392 g/mol. The molecule has 0 saturated carbocycles. The lowest BCUT2D eigenvalue weighted by Gasteiger charge is -2.27. The van der Waals surface area contributed by atoms with E-state index >= 15 is 0 Å². The van der Waals surface area contributed by atoms with Crippen LogP contribution >= 0.6 is 0 Å². The Morgan fingerprint density at radius 1 is 1.07 bits per heavy atom. The molecule has 3 N–H and O–H groups in total. The Kier molecular flexibility index (Phi) is 5.42. The van der Waals surface area contributed by atoms with Crippen LogP contribution in [0.2, 0.25) is 0 Å². The zero-order chi connectivity index (χ0) is 20.5. The molecule has 3 rings (SSSR count). The Hall–Kier alpha value is -2.87. The number of fused-ring (bicyclic) bond motifs is 1. The van der Waals surface area contributed by atoms with Crippen LogP contribution in [0.4, 0.5) is 13.2 Å². The lowest BCUT2D eigenvalue weighted by atomic mass is 9.86. The first-order valence-corrected chi connectivity index (χ1v) is 8.76. The van der Waals surface area contributed by atoms with Crippen molar-refractivity contribution >= 4 is 11.8 Å². The Morgan fingerprint density at radius 3 is 2.50 bits per heavy atom. The number of halogens is 3. The highest BCUT2D eigenvalue weighted by atomic mass is 19.4. The van der Waals surface area contributed by atoms with E-state index in [-0.39, 0.29) is 11.6 Å². The van der Waals surface area contributed by atoms with E-state index < -0.39 is 23.6 Å². The number of amides is 2. The minimum absolute atomic E-state index is 0.0456. The van der Waals surface area contributed by atoms with Crippen molar-refractivity contribution in [3.05, 3.63) is 69.8 Å². The van der Waals surface area contributed by atoms with Gasteiger partial charge in [-0.15, -0.1) is 0 Å². The fraction of sp³-hybridized carbons (Fsp3) is 0.300. The molecule has 0 radical (unpaired) electrons. The van der Waals surface area contributed by atoms with Crippen LogP contribution in [0.25, 0.3) is 0 Å². The summed E-state index contributed by atoms with van der Waals surface area (Å²) in [5.41, 5.74) is 2.99. The topological polar surface area (TPSA) is 78.4 Å². The van der Waals surface area contributed by atoms with Gasteiger partial charge in [0.15, 0.2) is 0 Å². The fourth-order valence-electron chi connectivity index (χ4n) is 3.49. The van der Waals surface area contributed by atoms with Crippen molar-refractivity contribution in [2.75, 3.05) is 0 Å². The molecule has 1 unspecified atom stereocenters. The fourth-order valence-corrected chi connectivity index (χ4v) is 3.49. The molecule has 0 bridgehead atoms. The largest absolute Gasteiger partial charge is 0.416 e. The number of hydroxylamine groups is 1. The van der Waals surface area contributed by atoms with Gasteiger partial charge in [-0.05, 0) is 73.2 Å². The van der Waals surface area contributed by atoms with Crippen LogP contribution < -0.4 is 10.8 Å². The van der Waals surface area contributed by atoms with Gasteiger partial charge in [-0.2, -0.15) is 13.2 Å². The second kappa shape index (κ2) is 7.63. The third-order valence-electron chi connectivity index (χ3n) is 4.79. The van der Waals surface area contributed by atoms with Crippen LogP contribution in [0.5, 0.6) is 0 Å². The summed E-state index contributed by atoms with van der Waals surface area (Å²) >= 11 is 0. The molecule has 1 aliphatic rings. The monoisotopic (exact) mass is 392 g/mol. The van der Waals surface area contributed by atoms with Gasteiger partial charge in [0.25, 0.3) is 11.8 Å². The normalized spacial score (nSPS) is 16.2. The van der Waals surface area contributed by atoms with Gasteiger partial charge >= 0.3 is 6.18 Å². The highest BCUT2D eigenvalue weighted by molar-refractivity contribution is 5.95. The van der Waals surface area contributed by atoms with E-state index in [4.69, 9.17) is 5.21 Å². The van der Waals surface area contributed by atoms with Gasteiger partial charge in [-0.25, -0.2) is 5.48 Å². The summed E-state index contributed by atoms with van der Waals surface area (Å²) in [7, 11) is 0. The Morgan fingerprint density at radius 2 is 1.82 bits per heavy atom. The summed E-state index contributed by atoms with van der Waals surface area (Å²) < 4.78 is 39.1. The van der Waals surface area contributed by atoms with Crippen molar-refractivity contribution in [2.24, 2.45) is 0 Å². The third-order valence-corrected chi connectivity index (χ3v) is 4.79. The van der Waals surface area contributed by atoms with Gasteiger partial charge in [0.2, 0.25) is 0 Å². The second-order valence-electron chi connectivity index (χ2n) is 6.86. The quantitative estimate of drug-likeness (QED) is 0.547. The number of aryl methyl sites for hydroxylation is 2. The Labute approximate surface area is 159 Å². The summed E-state index contributed by atoms with van der Waals surface area (Å²) in [6.45, 7) is 1.51. The van der Waals surface area contributed by atoms with Crippen LogP contribution in [0.1, 0.15) is 61.9 Å². The maximum atomic E-state index is 13.0. The van der Waals surface area contributed by atoms with Gasteiger partial charge in [-0.1, -0.05) is 6.07 Å². The Bertz CT molecular complexity index is 925. The van der Waals surface area contributed by atoms with Crippen molar-refractivity contribution < 1.29 is 28.0 Å². The molecule has 5 nitrogen and oxygen atoms in total. The number of carbonyl (C=O) groups excluding carboxylic acids is 2. The van der Waals surface area contributed by atoms with Crippen LogP contribution in [-0.2, 0) is 12.6 Å². The van der Waals surface area contributed by atoms with E-state index in [1.807, 2.05) is 0 Å². The highest BCUT2D eigenvalue weighted by Crippen LogP contribution is 2.32. The molecule has 1 atom stereocenters. The van der Waals surface area contributed by atoms with Crippen molar-refractivity contribution in [1.82, 2.24) is 10.8 Å². The minimum atomic E-state index is -4.53. The average Bonchev–Trinajstić information content (AvgIpc) is 2.66. The number of carbonyl (C=O) groups is 2. The van der Waals surface area contributed by atoms with Crippen molar-refractivity contribution in [2.45, 2.75) is 38.4 Å². The molecule has 0 saturated heterocycles. The van der Waals surface area contributed by atoms with E-state index in [9.17, 15) is 22.8 Å². The van der Waals surface area contributed by atoms with Crippen LogP contribution in [0, 0.1) is 6.92 Å². The summed E-state index contributed by atoms with van der Waals surface area (Å²) in [6.07, 6.45) is -2.43. The molecule has 0 aliphatic heterocycles. The Balaban J connectivity index is 1.85. The molecule has 2 aromatic carbocycles. The molecule has 0 heterocycles. The molecule has 0 aromatic heterocycles. The molecule has 148 valence electrons. The molecule has 1 aliphatic carbocycles. The summed E-state index contributed by atoms with van der Waals surface area (Å²) in [4.78, 5) is 24.2. The molecular weight excluding hydrogens is 373 g/mol. The molecule has 2 aromatic rings. The van der Waals surface area contributed by atoms with Gasteiger partial charge in [0.05, 0.1) is 11.6 Å². The van der Waals surface area contributed by atoms with Crippen molar-refractivity contribution in [3.63, 3.8) is 0 Å². The number of hydrogen-bond acceptors (Lipinski definition) is 3. The zero-order valence-electron chi connectivity index (χ0n) is 15.1. The number of nitrogens with one attached hydrogen (secondary N) is 2. The van der Waals surface area contributed by atoms with Crippen LogP contribution in [0.3, 0.4) is 0 Å². The highest BCUT2D eigenvalue weighted by Gasteiger charge is 2.32. The summed E-state index contributed by atoms with van der Waals surface area (Å²) in [5.74, 6) is -1.21. The summed E-state index contributed by atoms with van der Waals surface area (Å²) in [6, 6.07) is 7.78. The van der Waals surface area contributed by atoms with Gasteiger partial charge in [0.1, 0.15) is 0 Å². The predicted octanol–water partition coefficient (Wildman–Crippen LogP) is 3.94. The molecule has 2 amide bonds. The number of hydrogen-bond donors (Lipinski definition) is 3. The lowest BCUT2D eigenvalue weighted by Crippen LogP contribution is -2.31. The minimum Gasteiger partial charge on any atom is -0.345 e. The third kappa shape index (κ3) is 4.17. The number of benzene rings is 2. The smallest absolute Gasteiger partial charge is 0.345 e. The molecule has 0 spiro atoms. The van der Waals surface area contributed by atoms with Gasteiger partial charge in [-0.3, -0.25) is 14.8 Å². The van der Waals surface area contributed by atoms with E-state index in [1.54, 1.807) is 17.6 Å². The lowest BCUT2D eigenvalue weighted by molar-refractivity contribution is -0.137. The standard InChI is InChI=1S/C20H19F3N2O3/c1-11-7-14(10-15(8-11)20(21,22)23)18(26)24-17-4-2-3-12-9-13(19(27)25-28)5-6-16(12)17/h5-10,17,28H,2-4H2,1H3,(H,24,26)(H,25,27). The van der Waals surface area contributed by atoms with Crippen LogP contribution in [0.15, 0.2) is 36.4 Å². The molecule has 28 heavy (non-hydrogen) atoms. The first-order valence-electron chi connectivity index (χ1n) is 8.76. The van der Waals surface area contributed by atoms with Gasteiger partial charge < -0.3 is 5.32 Å². The van der Waals surface area contributed by atoms with E-state index in [0.717, 1.165) is 29.7 Å². The number of rotatable bonds is 3. The van der Waals surface area contributed by atoms with Crippen molar-refractivity contribution in [3.8, 4) is 0 Å². The first kappa shape index (κ1) is 19.9. The molecular formula is C20H19F3N2O3. The maximum absolute atomic E-state index is 13.0. The van der Waals surface area contributed by atoms with E-state index in [2.05, 4.69) is 5.32 Å². The van der Waals surface area contributed by atoms with E-state index in [1.165, 1.54) is 19.1 Å². The van der Waals surface area contributed by atoms with Crippen LogP contribution in [-0.4, -0.2) is 17.0 Å². The predicted molar refractivity (Wildman–Crippen MR) is 95.0 cm³/mol.